The minimum atomic E-state index is -0.465. The van der Waals surface area contributed by atoms with Crippen molar-refractivity contribution in [3.05, 3.63) is 29.8 Å². The number of piperidine rings is 1. The molecule has 3 rings (SSSR count). The van der Waals surface area contributed by atoms with E-state index in [1.165, 1.54) is 56.9 Å². The maximum absolute atomic E-state index is 10.8. The van der Waals surface area contributed by atoms with Crippen LogP contribution in [0.1, 0.15) is 56.9 Å². The van der Waals surface area contributed by atoms with Gasteiger partial charge in [-0.15, -0.1) is 0 Å². The smallest absolute Gasteiger partial charge is 0.255 e. The fourth-order valence-electron chi connectivity index (χ4n) is 4.83. The van der Waals surface area contributed by atoms with E-state index in [-0.39, 0.29) is 6.61 Å². The van der Waals surface area contributed by atoms with Crippen LogP contribution in [-0.2, 0) is 11.2 Å². The van der Waals surface area contributed by atoms with Gasteiger partial charge in [0.05, 0.1) is 0 Å². The van der Waals surface area contributed by atoms with Gasteiger partial charge in [0.2, 0.25) is 0 Å². The molecule has 1 saturated carbocycles. The number of nitrogens with zero attached hydrogens (tertiary/aromatic N) is 2. The summed E-state index contributed by atoms with van der Waals surface area (Å²) in [5, 5.41) is 3.56. The predicted molar refractivity (Wildman–Crippen MR) is 117 cm³/mol. The third-order valence-electron chi connectivity index (χ3n) is 6.34. The second-order valence-corrected chi connectivity index (χ2v) is 8.56. The first-order valence-corrected chi connectivity index (χ1v) is 11.1. The van der Waals surface area contributed by atoms with Crippen LogP contribution in [0.3, 0.4) is 0 Å². The Balaban J connectivity index is 1.48. The number of carbonyl (C=O) groups excluding carboxylic acids is 1. The van der Waals surface area contributed by atoms with E-state index < -0.39 is 5.91 Å². The lowest BCUT2D eigenvalue weighted by Crippen LogP contribution is -2.50. The molecule has 6 nitrogen and oxygen atoms in total. The Hall–Kier alpha value is -2.24. The quantitative estimate of drug-likeness (QED) is 0.568. The number of nitrogens with one attached hydrogen (secondary N) is 1. The molecular weight excluding hydrogens is 364 g/mol. The summed E-state index contributed by atoms with van der Waals surface area (Å²) in [6.07, 6.45) is 11.9. The van der Waals surface area contributed by atoms with E-state index in [4.69, 9.17) is 10.5 Å². The minimum Gasteiger partial charge on any atom is -0.484 e. The Bertz CT molecular complexity index is 679. The molecule has 1 aromatic carbocycles. The second-order valence-electron chi connectivity index (χ2n) is 8.56. The number of guanidine groups is 1. The average molecular weight is 401 g/mol. The second kappa shape index (κ2) is 10.5. The van der Waals surface area contributed by atoms with Crippen LogP contribution in [-0.4, -0.2) is 50.1 Å². The number of benzene rings is 1. The maximum Gasteiger partial charge on any atom is 0.255 e. The van der Waals surface area contributed by atoms with Crippen molar-refractivity contribution < 1.29 is 9.53 Å². The zero-order chi connectivity index (χ0) is 20.5. The van der Waals surface area contributed by atoms with Gasteiger partial charge in [0.1, 0.15) is 5.75 Å². The highest BCUT2D eigenvalue weighted by Crippen LogP contribution is 2.42. The molecule has 1 spiro atoms. The van der Waals surface area contributed by atoms with Gasteiger partial charge in [-0.3, -0.25) is 9.79 Å². The molecule has 1 heterocycles. The summed E-state index contributed by atoms with van der Waals surface area (Å²) in [5.41, 5.74) is 6.83. The average Bonchev–Trinajstić information content (AvgIpc) is 2.96. The minimum absolute atomic E-state index is 0.0887. The summed E-state index contributed by atoms with van der Waals surface area (Å²) in [5.74, 6) is 1.24. The largest absolute Gasteiger partial charge is 0.484 e. The van der Waals surface area contributed by atoms with E-state index >= 15 is 0 Å². The van der Waals surface area contributed by atoms with Gasteiger partial charge in [-0.25, -0.2) is 0 Å². The van der Waals surface area contributed by atoms with E-state index in [1.807, 2.05) is 31.3 Å². The monoisotopic (exact) mass is 400 g/mol. The number of rotatable bonds is 6. The Morgan fingerprint density at radius 1 is 1.14 bits per heavy atom. The molecule has 0 atom stereocenters. The van der Waals surface area contributed by atoms with Crippen molar-refractivity contribution in [1.82, 2.24) is 10.2 Å². The van der Waals surface area contributed by atoms with E-state index in [0.717, 1.165) is 32.0 Å². The third kappa shape index (κ3) is 6.38. The number of ether oxygens (including phenoxy) is 1. The van der Waals surface area contributed by atoms with Crippen LogP contribution in [0.5, 0.6) is 5.75 Å². The number of amides is 1. The van der Waals surface area contributed by atoms with Gasteiger partial charge in [-0.1, -0.05) is 37.8 Å². The van der Waals surface area contributed by atoms with Gasteiger partial charge < -0.3 is 20.7 Å². The van der Waals surface area contributed by atoms with Crippen molar-refractivity contribution in [2.75, 3.05) is 33.3 Å². The Labute approximate surface area is 174 Å². The van der Waals surface area contributed by atoms with E-state index in [9.17, 15) is 4.79 Å². The number of likely N-dealkylation sites (tertiary alicyclic amines) is 1. The van der Waals surface area contributed by atoms with Gasteiger partial charge in [0.25, 0.3) is 5.91 Å². The highest BCUT2D eigenvalue weighted by Gasteiger charge is 2.36. The van der Waals surface area contributed by atoms with Crippen LogP contribution in [0.25, 0.3) is 0 Å². The molecule has 0 radical (unpaired) electrons. The van der Waals surface area contributed by atoms with Crippen molar-refractivity contribution in [2.45, 2.75) is 57.8 Å². The molecule has 0 bridgehead atoms. The summed E-state index contributed by atoms with van der Waals surface area (Å²) >= 11 is 0. The van der Waals surface area contributed by atoms with Crippen LogP contribution >= 0.6 is 0 Å². The van der Waals surface area contributed by atoms with Crippen LogP contribution < -0.4 is 15.8 Å². The summed E-state index contributed by atoms with van der Waals surface area (Å²) < 4.78 is 5.31. The van der Waals surface area contributed by atoms with Crippen LogP contribution in [0.15, 0.2) is 29.3 Å². The molecule has 2 fully saturated rings. The highest BCUT2D eigenvalue weighted by molar-refractivity contribution is 5.80. The molecule has 1 saturated heterocycles. The van der Waals surface area contributed by atoms with Crippen LogP contribution in [0, 0.1) is 5.41 Å². The van der Waals surface area contributed by atoms with Crippen molar-refractivity contribution in [3.8, 4) is 5.75 Å². The zero-order valence-electron chi connectivity index (χ0n) is 17.8. The van der Waals surface area contributed by atoms with E-state index in [2.05, 4.69) is 15.2 Å². The number of nitrogens with two attached hydrogens (primary N) is 1. The summed E-state index contributed by atoms with van der Waals surface area (Å²) in [6.45, 7) is 3.01. The van der Waals surface area contributed by atoms with Crippen LogP contribution in [0.4, 0.5) is 0 Å². The van der Waals surface area contributed by atoms with E-state index in [0.29, 0.717) is 11.2 Å². The number of hydrogen-bond acceptors (Lipinski definition) is 3. The number of hydrogen-bond donors (Lipinski definition) is 2. The fourth-order valence-corrected chi connectivity index (χ4v) is 4.83. The van der Waals surface area contributed by atoms with Gasteiger partial charge in [-0.05, 0) is 55.2 Å². The summed E-state index contributed by atoms with van der Waals surface area (Å²) in [4.78, 5) is 17.8. The zero-order valence-corrected chi connectivity index (χ0v) is 17.8. The van der Waals surface area contributed by atoms with Gasteiger partial charge >= 0.3 is 0 Å². The third-order valence-corrected chi connectivity index (χ3v) is 6.34. The molecule has 1 aromatic rings. The molecular formula is C23H36N4O2. The van der Waals surface area contributed by atoms with Crippen molar-refractivity contribution in [1.29, 1.82) is 0 Å². The topological polar surface area (TPSA) is 80.0 Å². The normalized spacial score (nSPS) is 19.6. The first-order valence-electron chi connectivity index (χ1n) is 11.1. The molecule has 1 aliphatic heterocycles. The first kappa shape index (κ1) is 21.5. The molecule has 2 aliphatic rings. The fraction of sp³-hybridized carbons (Fsp3) is 0.652. The highest BCUT2D eigenvalue weighted by atomic mass is 16.5. The molecule has 1 aliphatic carbocycles. The Morgan fingerprint density at radius 3 is 2.48 bits per heavy atom. The summed E-state index contributed by atoms with van der Waals surface area (Å²) in [6, 6.07) is 7.82. The Morgan fingerprint density at radius 2 is 1.83 bits per heavy atom. The predicted octanol–water partition coefficient (Wildman–Crippen LogP) is 3.11. The standard InChI is InChI=1S/C23H36N4O2/c1-25-22(27-16-6-14-23(18-27)12-4-2-3-5-13-23)26-15-11-19-7-9-20(10-8-19)29-17-21(24)28/h7-10H,2-6,11-18H2,1H3,(H2,24,28)(H,25,26). The lowest BCUT2D eigenvalue weighted by molar-refractivity contribution is -0.119. The molecule has 0 unspecified atom stereocenters. The maximum atomic E-state index is 10.8. The number of primary amides is 1. The van der Waals surface area contributed by atoms with Gasteiger partial charge in [0.15, 0.2) is 12.6 Å². The van der Waals surface area contributed by atoms with Crippen molar-refractivity contribution in [3.63, 3.8) is 0 Å². The molecule has 160 valence electrons. The number of aliphatic imine (C=N–C) groups is 1. The van der Waals surface area contributed by atoms with Gasteiger partial charge in [0, 0.05) is 26.7 Å². The number of carbonyl (C=O) groups is 1. The van der Waals surface area contributed by atoms with E-state index in [1.54, 1.807) is 0 Å². The molecule has 0 aromatic heterocycles. The molecule has 6 heteroatoms. The molecule has 3 N–H and O–H groups in total. The van der Waals surface area contributed by atoms with Crippen molar-refractivity contribution in [2.24, 2.45) is 16.1 Å². The van der Waals surface area contributed by atoms with Crippen LogP contribution in [0.2, 0.25) is 0 Å². The summed E-state index contributed by atoms with van der Waals surface area (Å²) in [7, 11) is 1.89. The van der Waals surface area contributed by atoms with Gasteiger partial charge in [-0.2, -0.15) is 0 Å². The Kier molecular flexibility index (Phi) is 7.78. The SMILES string of the molecule is CN=C(NCCc1ccc(OCC(N)=O)cc1)N1CCCC2(CCCCCC2)C1. The first-order chi connectivity index (χ1) is 14.1. The lowest BCUT2D eigenvalue weighted by atomic mass is 9.74. The molecule has 1 amide bonds. The lowest BCUT2D eigenvalue weighted by Gasteiger charge is -2.44. The van der Waals surface area contributed by atoms with Crippen molar-refractivity contribution >= 4 is 11.9 Å². The molecule has 29 heavy (non-hydrogen) atoms.